The molecule has 0 aromatic carbocycles. The first-order valence-corrected chi connectivity index (χ1v) is 7.19. The predicted octanol–water partition coefficient (Wildman–Crippen LogP) is 2.56. The van der Waals surface area contributed by atoms with Crippen LogP contribution < -0.4 is 5.32 Å². The second kappa shape index (κ2) is 7.07. The van der Waals surface area contributed by atoms with Gasteiger partial charge in [-0.15, -0.1) is 0 Å². The van der Waals surface area contributed by atoms with Gasteiger partial charge in [-0.1, -0.05) is 18.5 Å². The van der Waals surface area contributed by atoms with Gasteiger partial charge in [0.1, 0.15) is 0 Å². The van der Waals surface area contributed by atoms with Crippen LogP contribution in [0.3, 0.4) is 0 Å². The third-order valence-corrected chi connectivity index (χ3v) is 3.88. The first-order valence-electron chi connectivity index (χ1n) is 6.81. The second-order valence-electron chi connectivity index (χ2n) is 5.02. The van der Waals surface area contributed by atoms with Gasteiger partial charge in [0.15, 0.2) is 0 Å². The van der Waals surface area contributed by atoms with Gasteiger partial charge in [0.25, 0.3) is 0 Å². The molecular weight excluding hydrogens is 246 g/mol. The molecule has 1 atom stereocenters. The van der Waals surface area contributed by atoms with Gasteiger partial charge in [-0.2, -0.15) is 0 Å². The van der Waals surface area contributed by atoms with Crippen LogP contribution in [0, 0.1) is 5.92 Å². The van der Waals surface area contributed by atoms with E-state index < -0.39 is 0 Å². The molecule has 1 unspecified atom stereocenters. The van der Waals surface area contributed by atoms with Crippen LogP contribution >= 0.6 is 11.6 Å². The molecule has 2 heterocycles. The average Bonchev–Trinajstić information content (AvgIpc) is 2.40. The molecule has 1 aliphatic rings. The average molecular weight is 268 g/mol. The third-order valence-electron chi connectivity index (χ3n) is 3.54. The van der Waals surface area contributed by atoms with Gasteiger partial charge < -0.3 is 5.32 Å². The lowest BCUT2D eigenvalue weighted by Gasteiger charge is -2.33. The molecule has 1 fully saturated rings. The summed E-state index contributed by atoms with van der Waals surface area (Å²) in [6.07, 6.45) is 6.19. The standard InChI is InChI=1S/C14H22ClN3/c1-2-16-8-12-4-3-7-18(10-12)11-13-5-6-17-9-14(13)15/h5-6,9,12,16H,2-4,7-8,10-11H2,1H3. The Labute approximate surface area is 115 Å². The molecule has 0 saturated carbocycles. The van der Waals surface area contributed by atoms with Crippen molar-refractivity contribution in [2.24, 2.45) is 5.92 Å². The molecule has 0 spiro atoms. The summed E-state index contributed by atoms with van der Waals surface area (Å²) in [4.78, 5) is 6.54. The zero-order valence-corrected chi connectivity index (χ0v) is 11.8. The van der Waals surface area contributed by atoms with E-state index >= 15 is 0 Å². The number of nitrogens with one attached hydrogen (secondary N) is 1. The minimum atomic E-state index is 0.777. The van der Waals surface area contributed by atoms with E-state index in [0.29, 0.717) is 0 Å². The van der Waals surface area contributed by atoms with Crippen LogP contribution in [0.1, 0.15) is 25.3 Å². The Hall–Kier alpha value is -0.640. The van der Waals surface area contributed by atoms with E-state index in [0.717, 1.165) is 30.6 Å². The van der Waals surface area contributed by atoms with Gasteiger partial charge >= 0.3 is 0 Å². The molecule has 0 aliphatic carbocycles. The predicted molar refractivity (Wildman–Crippen MR) is 75.8 cm³/mol. The van der Waals surface area contributed by atoms with Crippen LogP contribution in [0.4, 0.5) is 0 Å². The van der Waals surface area contributed by atoms with Crippen molar-refractivity contribution in [1.82, 2.24) is 15.2 Å². The fraction of sp³-hybridized carbons (Fsp3) is 0.643. The highest BCUT2D eigenvalue weighted by atomic mass is 35.5. The van der Waals surface area contributed by atoms with Crippen LogP contribution in [0.5, 0.6) is 0 Å². The summed E-state index contributed by atoms with van der Waals surface area (Å²) < 4.78 is 0. The SMILES string of the molecule is CCNCC1CCCN(Cc2ccncc2Cl)C1. The van der Waals surface area contributed by atoms with Crippen molar-refractivity contribution < 1.29 is 0 Å². The molecule has 18 heavy (non-hydrogen) atoms. The molecule has 0 amide bonds. The second-order valence-corrected chi connectivity index (χ2v) is 5.43. The molecule has 1 saturated heterocycles. The van der Waals surface area contributed by atoms with Gasteiger partial charge in [-0.05, 0) is 50.0 Å². The molecule has 0 bridgehead atoms. The molecule has 1 aromatic rings. The van der Waals surface area contributed by atoms with Gasteiger partial charge in [0.2, 0.25) is 0 Å². The highest BCUT2D eigenvalue weighted by Gasteiger charge is 2.19. The fourth-order valence-corrected chi connectivity index (χ4v) is 2.76. The quantitative estimate of drug-likeness (QED) is 0.889. The Morgan fingerprint density at radius 2 is 2.44 bits per heavy atom. The first-order chi connectivity index (χ1) is 8.79. The number of piperidine rings is 1. The molecule has 100 valence electrons. The van der Waals surface area contributed by atoms with E-state index in [4.69, 9.17) is 11.6 Å². The van der Waals surface area contributed by atoms with Crippen LogP contribution in [-0.2, 0) is 6.54 Å². The fourth-order valence-electron chi connectivity index (χ4n) is 2.58. The molecule has 4 heteroatoms. The maximum atomic E-state index is 6.16. The number of likely N-dealkylation sites (tertiary alicyclic amines) is 1. The van der Waals surface area contributed by atoms with E-state index in [1.54, 1.807) is 6.20 Å². The minimum Gasteiger partial charge on any atom is -0.317 e. The number of rotatable bonds is 5. The van der Waals surface area contributed by atoms with E-state index in [9.17, 15) is 0 Å². The topological polar surface area (TPSA) is 28.2 Å². The lowest BCUT2D eigenvalue weighted by Crippen LogP contribution is -2.39. The molecule has 2 rings (SSSR count). The smallest absolute Gasteiger partial charge is 0.0634 e. The van der Waals surface area contributed by atoms with E-state index in [1.807, 2.05) is 12.3 Å². The third kappa shape index (κ3) is 3.94. The van der Waals surface area contributed by atoms with Crippen molar-refractivity contribution in [3.8, 4) is 0 Å². The zero-order valence-electron chi connectivity index (χ0n) is 11.0. The summed E-state index contributed by atoms with van der Waals surface area (Å²) in [5.74, 6) is 0.777. The number of aromatic nitrogens is 1. The maximum Gasteiger partial charge on any atom is 0.0634 e. The molecule has 3 nitrogen and oxygen atoms in total. The Morgan fingerprint density at radius 3 is 3.22 bits per heavy atom. The van der Waals surface area contributed by atoms with Gasteiger partial charge in [-0.25, -0.2) is 0 Å². The van der Waals surface area contributed by atoms with Gasteiger partial charge in [0.05, 0.1) is 5.02 Å². The molecule has 0 radical (unpaired) electrons. The lowest BCUT2D eigenvalue weighted by atomic mass is 9.97. The van der Waals surface area contributed by atoms with E-state index in [1.165, 1.54) is 31.5 Å². The summed E-state index contributed by atoms with van der Waals surface area (Å²) in [7, 11) is 0. The van der Waals surface area contributed by atoms with Crippen LogP contribution in [0.2, 0.25) is 5.02 Å². The monoisotopic (exact) mass is 267 g/mol. The number of hydrogen-bond donors (Lipinski definition) is 1. The van der Waals surface area contributed by atoms with Gasteiger partial charge in [0, 0.05) is 25.5 Å². The molecule has 1 aromatic heterocycles. The van der Waals surface area contributed by atoms with Crippen LogP contribution in [0.25, 0.3) is 0 Å². The largest absolute Gasteiger partial charge is 0.317 e. The van der Waals surface area contributed by atoms with Crippen molar-refractivity contribution in [1.29, 1.82) is 0 Å². The Bertz CT molecular complexity index is 370. The molecule has 1 N–H and O–H groups in total. The number of nitrogens with zero attached hydrogens (tertiary/aromatic N) is 2. The van der Waals surface area contributed by atoms with Crippen molar-refractivity contribution in [2.75, 3.05) is 26.2 Å². The first kappa shape index (κ1) is 13.8. The number of pyridine rings is 1. The normalized spacial score (nSPS) is 21.1. The van der Waals surface area contributed by atoms with E-state index in [2.05, 4.69) is 22.1 Å². The summed E-state index contributed by atoms with van der Waals surface area (Å²) in [6, 6.07) is 2.02. The number of halogens is 1. The van der Waals surface area contributed by atoms with E-state index in [-0.39, 0.29) is 0 Å². The van der Waals surface area contributed by atoms with Crippen LogP contribution in [0.15, 0.2) is 18.5 Å². The Morgan fingerprint density at radius 1 is 1.56 bits per heavy atom. The summed E-state index contributed by atoms with van der Waals surface area (Å²) in [5.41, 5.74) is 1.19. The van der Waals surface area contributed by atoms with Crippen molar-refractivity contribution >= 4 is 11.6 Å². The van der Waals surface area contributed by atoms with Crippen molar-refractivity contribution in [2.45, 2.75) is 26.3 Å². The summed E-state index contributed by atoms with van der Waals surface area (Å²) >= 11 is 6.16. The highest BCUT2D eigenvalue weighted by Crippen LogP contribution is 2.21. The van der Waals surface area contributed by atoms with Crippen LogP contribution in [-0.4, -0.2) is 36.1 Å². The summed E-state index contributed by atoms with van der Waals surface area (Å²) in [5, 5.41) is 4.23. The molecular formula is C14H22ClN3. The highest BCUT2D eigenvalue weighted by molar-refractivity contribution is 6.31. The zero-order chi connectivity index (χ0) is 12.8. The summed E-state index contributed by atoms with van der Waals surface area (Å²) in [6.45, 7) is 7.66. The lowest BCUT2D eigenvalue weighted by molar-refractivity contribution is 0.166. The molecule has 1 aliphatic heterocycles. The van der Waals surface area contributed by atoms with Crippen molar-refractivity contribution in [3.63, 3.8) is 0 Å². The van der Waals surface area contributed by atoms with Gasteiger partial charge in [-0.3, -0.25) is 9.88 Å². The Balaban J connectivity index is 1.87. The Kier molecular flexibility index (Phi) is 5.42. The number of hydrogen-bond acceptors (Lipinski definition) is 3. The van der Waals surface area contributed by atoms with Crippen molar-refractivity contribution in [3.05, 3.63) is 29.0 Å². The maximum absolute atomic E-state index is 6.16. The minimum absolute atomic E-state index is 0.777.